The molecule has 1 nitrogen and oxygen atoms in total. The number of nitrogen functional groups attached to an aromatic ring is 1. The van der Waals surface area contributed by atoms with Crippen LogP contribution in [0, 0.1) is 5.82 Å². The van der Waals surface area contributed by atoms with Gasteiger partial charge in [0.05, 0.1) is 5.69 Å². The van der Waals surface area contributed by atoms with E-state index in [2.05, 4.69) is 0 Å². The molecule has 0 unspecified atom stereocenters. The van der Waals surface area contributed by atoms with E-state index >= 15 is 0 Å². The van der Waals surface area contributed by atoms with Crippen LogP contribution in [0.15, 0.2) is 54.6 Å². The van der Waals surface area contributed by atoms with Crippen molar-refractivity contribution in [3.05, 3.63) is 71.6 Å². The fourth-order valence-electron chi connectivity index (χ4n) is 1.65. The van der Waals surface area contributed by atoms with Gasteiger partial charge in [-0.3, -0.25) is 0 Å². The zero-order valence-corrected chi connectivity index (χ0v) is 9.44. The molecule has 0 atom stereocenters. The van der Waals surface area contributed by atoms with Crippen molar-refractivity contribution in [1.29, 1.82) is 0 Å². The van der Waals surface area contributed by atoms with Crippen LogP contribution in [0.4, 0.5) is 10.1 Å². The van der Waals surface area contributed by atoms with E-state index in [4.69, 9.17) is 5.73 Å². The summed E-state index contributed by atoms with van der Waals surface area (Å²) in [5.41, 5.74) is 7.84. The van der Waals surface area contributed by atoms with E-state index in [1.54, 1.807) is 6.07 Å². The van der Waals surface area contributed by atoms with Crippen LogP contribution in [0.3, 0.4) is 0 Å². The number of nitrogens with two attached hydrogens (primary N) is 1. The van der Waals surface area contributed by atoms with Crippen LogP contribution in [0.1, 0.15) is 11.1 Å². The normalized spacial score (nSPS) is 10.9. The Labute approximate surface area is 100 Å². The Kier molecular flexibility index (Phi) is 3.55. The Balaban J connectivity index is 2.08. The van der Waals surface area contributed by atoms with E-state index < -0.39 is 0 Å². The molecular formula is C15H14FN. The molecule has 2 rings (SSSR count). The average Bonchev–Trinajstić information content (AvgIpc) is 2.36. The Morgan fingerprint density at radius 3 is 2.53 bits per heavy atom. The summed E-state index contributed by atoms with van der Waals surface area (Å²) < 4.78 is 13.2. The summed E-state index contributed by atoms with van der Waals surface area (Å²) in [5, 5.41) is 0. The molecule has 0 aromatic heterocycles. The Bertz CT molecular complexity index is 518. The van der Waals surface area contributed by atoms with Gasteiger partial charge < -0.3 is 5.73 Å². The third-order valence-electron chi connectivity index (χ3n) is 2.59. The summed E-state index contributed by atoms with van der Waals surface area (Å²) in [6, 6.07) is 14.9. The predicted molar refractivity (Wildman–Crippen MR) is 70.0 cm³/mol. The van der Waals surface area contributed by atoms with Crippen molar-refractivity contribution in [3.63, 3.8) is 0 Å². The van der Waals surface area contributed by atoms with Gasteiger partial charge in [-0.15, -0.1) is 0 Å². The maximum Gasteiger partial charge on any atom is 0.146 e. The molecule has 0 bridgehead atoms. The largest absolute Gasteiger partial charge is 0.396 e. The molecule has 0 saturated carbocycles. The molecule has 0 heterocycles. The molecule has 2 heteroatoms. The summed E-state index contributed by atoms with van der Waals surface area (Å²) in [6.45, 7) is 0. The minimum atomic E-state index is -0.351. The summed E-state index contributed by atoms with van der Waals surface area (Å²) in [4.78, 5) is 0. The van der Waals surface area contributed by atoms with Crippen molar-refractivity contribution in [2.75, 3.05) is 5.73 Å². The van der Waals surface area contributed by atoms with Crippen molar-refractivity contribution >= 4 is 11.8 Å². The van der Waals surface area contributed by atoms with Gasteiger partial charge in [0.15, 0.2) is 0 Å². The van der Waals surface area contributed by atoms with Gasteiger partial charge in [-0.2, -0.15) is 0 Å². The molecule has 0 aliphatic carbocycles. The highest BCUT2D eigenvalue weighted by Gasteiger charge is 2.01. The standard InChI is InChI=1S/C15H14FN/c16-14-11-5-10-13(15(14)17)9-4-8-12-6-2-1-3-7-12/h1-8,10-11H,9,17H2/b8-4+. The van der Waals surface area contributed by atoms with Gasteiger partial charge in [0, 0.05) is 0 Å². The number of allylic oxidation sites excluding steroid dienone is 1. The third kappa shape index (κ3) is 2.94. The van der Waals surface area contributed by atoms with Gasteiger partial charge in [0.2, 0.25) is 0 Å². The van der Waals surface area contributed by atoms with Gasteiger partial charge in [-0.1, -0.05) is 54.6 Å². The third-order valence-corrected chi connectivity index (χ3v) is 2.59. The topological polar surface area (TPSA) is 26.0 Å². The van der Waals surface area contributed by atoms with E-state index in [0.717, 1.165) is 11.1 Å². The number of benzene rings is 2. The van der Waals surface area contributed by atoms with Crippen molar-refractivity contribution in [2.24, 2.45) is 0 Å². The predicted octanol–water partition coefficient (Wildman–Crippen LogP) is 3.66. The first-order valence-electron chi connectivity index (χ1n) is 5.52. The quantitative estimate of drug-likeness (QED) is 0.795. The Morgan fingerprint density at radius 1 is 1.00 bits per heavy atom. The van der Waals surface area contributed by atoms with Crippen molar-refractivity contribution in [1.82, 2.24) is 0 Å². The van der Waals surface area contributed by atoms with E-state index in [1.807, 2.05) is 48.6 Å². The number of halogens is 1. The lowest BCUT2D eigenvalue weighted by Crippen LogP contribution is -1.96. The fourth-order valence-corrected chi connectivity index (χ4v) is 1.65. The number of hydrogen-bond donors (Lipinski definition) is 1. The van der Waals surface area contributed by atoms with E-state index in [0.29, 0.717) is 6.42 Å². The highest BCUT2D eigenvalue weighted by Crippen LogP contribution is 2.16. The molecule has 0 saturated heterocycles. The highest BCUT2D eigenvalue weighted by atomic mass is 19.1. The Morgan fingerprint density at radius 2 is 1.76 bits per heavy atom. The molecule has 0 amide bonds. The maximum absolute atomic E-state index is 13.2. The molecule has 0 aliphatic rings. The molecular weight excluding hydrogens is 213 g/mol. The van der Waals surface area contributed by atoms with Crippen molar-refractivity contribution < 1.29 is 4.39 Å². The summed E-state index contributed by atoms with van der Waals surface area (Å²) in [7, 11) is 0. The first-order chi connectivity index (χ1) is 8.27. The lowest BCUT2D eigenvalue weighted by atomic mass is 10.1. The minimum absolute atomic E-state index is 0.241. The number of rotatable bonds is 3. The number of hydrogen-bond acceptors (Lipinski definition) is 1. The second-order valence-electron chi connectivity index (χ2n) is 3.83. The van der Waals surface area contributed by atoms with Crippen LogP contribution >= 0.6 is 0 Å². The number of para-hydroxylation sites is 1. The van der Waals surface area contributed by atoms with Crippen LogP contribution in [0.5, 0.6) is 0 Å². The van der Waals surface area contributed by atoms with Gasteiger partial charge in [-0.05, 0) is 23.6 Å². The van der Waals surface area contributed by atoms with Crippen LogP contribution in [0.2, 0.25) is 0 Å². The highest BCUT2D eigenvalue weighted by molar-refractivity contribution is 5.53. The smallest absolute Gasteiger partial charge is 0.146 e. The average molecular weight is 227 g/mol. The molecule has 0 radical (unpaired) electrons. The van der Waals surface area contributed by atoms with E-state index in [9.17, 15) is 4.39 Å². The van der Waals surface area contributed by atoms with Crippen LogP contribution < -0.4 is 5.73 Å². The minimum Gasteiger partial charge on any atom is -0.396 e. The van der Waals surface area contributed by atoms with Crippen LogP contribution in [0.25, 0.3) is 6.08 Å². The van der Waals surface area contributed by atoms with Gasteiger partial charge in [0.25, 0.3) is 0 Å². The zero-order chi connectivity index (χ0) is 12.1. The lowest BCUT2D eigenvalue weighted by Gasteiger charge is -2.02. The fraction of sp³-hybridized carbons (Fsp3) is 0.0667. The van der Waals surface area contributed by atoms with Gasteiger partial charge in [-0.25, -0.2) is 4.39 Å². The molecule has 2 aromatic carbocycles. The van der Waals surface area contributed by atoms with Crippen molar-refractivity contribution in [2.45, 2.75) is 6.42 Å². The SMILES string of the molecule is Nc1c(F)cccc1C/C=C/c1ccccc1. The summed E-state index contributed by atoms with van der Waals surface area (Å²) in [6.07, 6.45) is 4.63. The first kappa shape index (κ1) is 11.4. The van der Waals surface area contributed by atoms with Gasteiger partial charge >= 0.3 is 0 Å². The zero-order valence-electron chi connectivity index (χ0n) is 9.44. The maximum atomic E-state index is 13.2. The summed E-state index contributed by atoms with van der Waals surface area (Å²) >= 11 is 0. The molecule has 0 spiro atoms. The molecule has 0 fully saturated rings. The Hall–Kier alpha value is -2.09. The van der Waals surface area contributed by atoms with Crippen LogP contribution in [-0.2, 0) is 6.42 Å². The second kappa shape index (κ2) is 5.30. The monoisotopic (exact) mass is 227 g/mol. The van der Waals surface area contributed by atoms with E-state index in [-0.39, 0.29) is 11.5 Å². The molecule has 17 heavy (non-hydrogen) atoms. The number of anilines is 1. The molecule has 0 aliphatic heterocycles. The molecule has 86 valence electrons. The second-order valence-corrected chi connectivity index (χ2v) is 3.83. The lowest BCUT2D eigenvalue weighted by molar-refractivity contribution is 0.631. The van der Waals surface area contributed by atoms with Crippen molar-refractivity contribution in [3.8, 4) is 0 Å². The molecule has 2 N–H and O–H groups in total. The summed E-state index contributed by atoms with van der Waals surface area (Å²) in [5.74, 6) is -0.351. The first-order valence-corrected chi connectivity index (χ1v) is 5.52. The van der Waals surface area contributed by atoms with Crippen LogP contribution in [-0.4, -0.2) is 0 Å². The van der Waals surface area contributed by atoms with E-state index in [1.165, 1.54) is 6.07 Å². The van der Waals surface area contributed by atoms with Gasteiger partial charge in [0.1, 0.15) is 5.82 Å². The molecule has 2 aromatic rings.